The van der Waals surface area contributed by atoms with Crippen LogP contribution in [-0.2, 0) is 19.5 Å². The molecule has 0 aromatic carbocycles. The lowest BCUT2D eigenvalue weighted by Crippen LogP contribution is -2.28. The average Bonchev–Trinajstić information content (AvgIpc) is 2.94. The first-order chi connectivity index (χ1) is 7.90. The first kappa shape index (κ1) is 9.86. The molecule has 0 unspecified atom stereocenters. The molecule has 2 aromatic heterocycles. The van der Waals surface area contributed by atoms with Crippen molar-refractivity contribution in [3.63, 3.8) is 0 Å². The van der Waals surface area contributed by atoms with Gasteiger partial charge in [-0.25, -0.2) is 0 Å². The summed E-state index contributed by atoms with van der Waals surface area (Å²) in [5.74, 6) is 1.92. The van der Waals surface area contributed by atoms with Crippen LogP contribution in [-0.4, -0.2) is 30.9 Å². The lowest BCUT2D eigenvalue weighted by Gasteiger charge is -2.15. The fourth-order valence-corrected chi connectivity index (χ4v) is 2.61. The van der Waals surface area contributed by atoms with Gasteiger partial charge in [0, 0.05) is 13.1 Å². The van der Waals surface area contributed by atoms with Crippen LogP contribution in [0.3, 0.4) is 0 Å². The van der Waals surface area contributed by atoms with Crippen molar-refractivity contribution in [3.05, 3.63) is 11.5 Å². The van der Waals surface area contributed by atoms with E-state index in [0.29, 0.717) is 0 Å². The van der Waals surface area contributed by atoms with E-state index in [1.807, 2.05) is 0 Å². The molecule has 1 aliphatic rings. The summed E-state index contributed by atoms with van der Waals surface area (Å²) in [5.41, 5.74) is 1.01. The summed E-state index contributed by atoms with van der Waals surface area (Å²) < 4.78 is 6.15. The number of aromatic nitrogens is 5. The first-order valence-electron chi connectivity index (χ1n) is 5.34. The highest BCUT2D eigenvalue weighted by atomic mass is 32.1. The van der Waals surface area contributed by atoms with Crippen molar-refractivity contribution in [2.45, 2.75) is 26.4 Å². The summed E-state index contributed by atoms with van der Waals surface area (Å²) in [6.07, 6.45) is 0.881. The number of hydrogen-bond donors (Lipinski definition) is 1. The van der Waals surface area contributed by atoms with E-state index in [4.69, 9.17) is 0 Å². The number of fused-ring (bicyclic) bond motifs is 1. The summed E-state index contributed by atoms with van der Waals surface area (Å²) in [5, 5.41) is 15.8. The van der Waals surface area contributed by atoms with Crippen molar-refractivity contribution in [2.24, 2.45) is 0 Å². The molecule has 1 aliphatic heterocycles. The minimum atomic E-state index is 0.792. The van der Waals surface area contributed by atoms with E-state index in [1.165, 1.54) is 11.5 Å². The van der Waals surface area contributed by atoms with Crippen LogP contribution >= 0.6 is 11.5 Å². The number of hydrogen-bond acceptors (Lipinski definition) is 6. The molecule has 0 atom stereocenters. The Balaban J connectivity index is 2.09. The monoisotopic (exact) mass is 236 g/mol. The Bertz CT molecular complexity index is 502. The maximum Gasteiger partial charge on any atom is 0.177 e. The Hall–Kier alpha value is -1.34. The second-order valence-corrected chi connectivity index (χ2v) is 4.42. The van der Waals surface area contributed by atoms with Crippen LogP contribution in [0, 0.1) is 0 Å². The minimum Gasteiger partial charge on any atom is -0.308 e. The highest BCUT2D eigenvalue weighted by Crippen LogP contribution is 2.25. The summed E-state index contributed by atoms with van der Waals surface area (Å²) in [6, 6.07) is 0. The fourth-order valence-electron chi connectivity index (χ4n) is 1.87. The van der Waals surface area contributed by atoms with Gasteiger partial charge in [-0.2, -0.15) is 0 Å². The molecule has 0 fully saturated rings. The van der Waals surface area contributed by atoms with Gasteiger partial charge in [-0.3, -0.25) is 0 Å². The molecule has 0 radical (unpaired) electrons. The fraction of sp³-hybridized carbons (Fsp3) is 0.556. The van der Waals surface area contributed by atoms with E-state index < -0.39 is 0 Å². The van der Waals surface area contributed by atoms with Gasteiger partial charge in [0.25, 0.3) is 0 Å². The van der Waals surface area contributed by atoms with Crippen molar-refractivity contribution in [3.8, 4) is 10.7 Å². The zero-order valence-corrected chi connectivity index (χ0v) is 9.79. The Morgan fingerprint density at radius 2 is 2.31 bits per heavy atom. The molecular weight excluding hydrogens is 224 g/mol. The Kier molecular flexibility index (Phi) is 2.41. The van der Waals surface area contributed by atoms with Gasteiger partial charge in [0.05, 0.1) is 12.2 Å². The SMILES string of the molecule is CCc1nnsc1-c1nnc2n1CCNC2. The maximum atomic E-state index is 4.25. The Morgan fingerprint density at radius 1 is 1.38 bits per heavy atom. The van der Waals surface area contributed by atoms with E-state index in [9.17, 15) is 0 Å². The molecule has 2 aromatic rings. The molecule has 0 saturated heterocycles. The summed E-state index contributed by atoms with van der Waals surface area (Å²) in [7, 11) is 0. The van der Waals surface area contributed by atoms with Gasteiger partial charge in [0.15, 0.2) is 5.82 Å². The zero-order chi connectivity index (χ0) is 11.0. The van der Waals surface area contributed by atoms with Crippen molar-refractivity contribution in [2.75, 3.05) is 6.54 Å². The second-order valence-electron chi connectivity index (χ2n) is 3.67. The van der Waals surface area contributed by atoms with E-state index in [1.54, 1.807) is 0 Å². The second kappa shape index (κ2) is 3.91. The molecule has 0 aliphatic carbocycles. The van der Waals surface area contributed by atoms with Gasteiger partial charge in [0.2, 0.25) is 0 Å². The molecule has 0 spiro atoms. The third-order valence-electron chi connectivity index (χ3n) is 2.72. The van der Waals surface area contributed by atoms with Crippen molar-refractivity contribution in [1.82, 2.24) is 29.7 Å². The molecule has 0 saturated carbocycles. The lowest BCUT2D eigenvalue weighted by molar-refractivity contribution is 0.508. The van der Waals surface area contributed by atoms with Gasteiger partial charge in [-0.05, 0) is 18.0 Å². The van der Waals surface area contributed by atoms with Gasteiger partial charge in [-0.1, -0.05) is 11.4 Å². The quantitative estimate of drug-likeness (QED) is 0.820. The van der Waals surface area contributed by atoms with Crippen LogP contribution in [0.15, 0.2) is 0 Å². The smallest absolute Gasteiger partial charge is 0.177 e. The summed E-state index contributed by atoms with van der Waals surface area (Å²) in [4.78, 5) is 1.06. The Labute approximate surface area is 96.9 Å². The standard InChI is InChI=1S/C9H12N6S/c1-2-6-8(16-14-11-6)9-13-12-7-5-10-3-4-15(7)9/h10H,2-5H2,1H3. The molecule has 1 N–H and O–H groups in total. The molecule has 0 amide bonds. The van der Waals surface area contributed by atoms with E-state index in [2.05, 4.69) is 36.6 Å². The van der Waals surface area contributed by atoms with Crippen LogP contribution in [0.5, 0.6) is 0 Å². The molecule has 3 rings (SSSR count). The van der Waals surface area contributed by atoms with E-state index >= 15 is 0 Å². The highest BCUT2D eigenvalue weighted by Gasteiger charge is 2.20. The molecule has 84 valence electrons. The number of nitrogens with one attached hydrogen (secondary N) is 1. The minimum absolute atomic E-state index is 0.792. The Morgan fingerprint density at radius 3 is 3.19 bits per heavy atom. The van der Waals surface area contributed by atoms with Gasteiger partial charge in [-0.15, -0.1) is 15.3 Å². The third-order valence-corrected chi connectivity index (χ3v) is 3.48. The third kappa shape index (κ3) is 1.43. The predicted molar refractivity (Wildman–Crippen MR) is 60.0 cm³/mol. The molecule has 3 heterocycles. The highest BCUT2D eigenvalue weighted by molar-refractivity contribution is 7.09. The van der Waals surface area contributed by atoms with Gasteiger partial charge in [0.1, 0.15) is 10.7 Å². The van der Waals surface area contributed by atoms with E-state index in [0.717, 1.165) is 48.3 Å². The lowest BCUT2D eigenvalue weighted by atomic mass is 10.3. The average molecular weight is 236 g/mol. The van der Waals surface area contributed by atoms with Gasteiger partial charge >= 0.3 is 0 Å². The molecule has 0 bridgehead atoms. The summed E-state index contributed by atoms with van der Waals surface area (Å²) in [6.45, 7) is 4.75. The maximum absolute atomic E-state index is 4.25. The van der Waals surface area contributed by atoms with Crippen molar-refractivity contribution >= 4 is 11.5 Å². The molecular formula is C9H12N6S. The van der Waals surface area contributed by atoms with Crippen molar-refractivity contribution < 1.29 is 0 Å². The molecule has 6 nitrogen and oxygen atoms in total. The van der Waals surface area contributed by atoms with Crippen LogP contribution in [0.25, 0.3) is 10.7 Å². The number of rotatable bonds is 2. The van der Waals surface area contributed by atoms with Crippen molar-refractivity contribution in [1.29, 1.82) is 0 Å². The number of nitrogens with zero attached hydrogens (tertiary/aromatic N) is 5. The van der Waals surface area contributed by atoms with Crippen LogP contribution in [0.1, 0.15) is 18.4 Å². The van der Waals surface area contributed by atoms with Crippen LogP contribution in [0.2, 0.25) is 0 Å². The largest absolute Gasteiger partial charge is 0.308 e. The molecule has 7 heteroatoms. The van der Waals surface area contributed by atoms with Gasteiger partial charge < -0.3 is 9.88 Å². The normalized spacial score (nSPS) is 15.1. The topological polar surface area (TPSA) is 68.5 Å². The summed E-state index contributed by atoms with van der Waals surface area (Å²) >= 11 is 1.40. The zero-order valence-electron chi connectivity index (χ0n) is 8.97. The molecule has 16 heavy (non-hydrogen) atoms. The first-order valence-corrected chi connectivity index (χ1v) is 6.12. The van der Waals surface area contributed by atoms with E-state index in [-0.39, 0.29) is 0 Å². The van der Waals surface area contributed by atoms with Crippen LogP contribution < -0.4 is 5.32 Å². The predicted octanol–water partition coefficient (Wildman–Crippen LogP) is 0.462. The van der Waals surface area contributed by atoms with Crippen LogP contribution in [0.4, 0.5) is 0 Å². The number of aryl methyl sites for hydroxylation is 1.